The van der Waals surface area contributed by atoms with Gasteiger partial charge in [0.1, 0.15) is 5.82 Å². The molecule has 1 aromatic heterocycles. The molecule has 5 heteroatoms. The third-order valence-corrected chi connectivity index (χ3v) is 3.84. The van der Waals surface area contributed by atoms with E-state index in [1.54, 1.807) is 11.9 Å². The summed E-state index contributed by atoms with van der Waals surface area (Å²) in [6, 6.07) is 7.90. The van der Waals surface area contributed by atoms with Crippen LogP contribution in [0.5, 0.6) is 0 Å². The number of rotatable bonds is 5. The fourth-order valence-electron chi connectivity index (χ4n) is 2.21. The number of aliphatic hydroxyl groups excluding tert-OH is 1. The molecule has 1 aromatic carbocycles. The molecule has 0 spiro atoms. The van der Waals surface area contributed by atoms with Gasteiger partial charge in [-0.3, -0.25) is 4.79 Å². The number of carbonyl (C=O) groups is 1. The maximum atomic E-state index is 12.1. The largest absolute Gasteiger partial charge is 0.392 e. The van der Waals surface area contributed by atoms with Crippen LogP contribution in [0.15, 0.2) is 24.3 Å². The SMILES string of the molecule is CC(C)C(O)CC(=O)N(C)Cc1nc2ccccc2n1C. The molecule has 21 heavy (non-hydrogen) atoms. The van der Waals surface area contributed by atoms with Gasteiger partial charge in [0.25, 0.3) is 0 Å². The van der Waals surface area contributed by atoms with E-state index in [9.17, 15) is 9.90 Å². The highest BCUT2D eigenvalue weighted by atomic mass is 16.3. The van der Waals surface area contributed by atoms with Gasteiger partial charge in [-0.25, -0.2) is 4.98 Å². The second-order valence-corrected chi connectivity index (χ2v) is 5.84. The van der Waals surface area contributed by atoms with Crippen molar-refractivity contribution in [3.8, 4) is 0 Å². The molecule has 0 radical (unpaired) electrons. The van der Waals surface area contributed by atoms with Gasteiger partial charge in [-0.15, -0.1) is 0 Å². The highest BCUT2D eigenvalue weighted by Crippen LogP contribution is 2.16. The summed E-state index contributed by atoms with van der Waals surface area (Å²) in [6.45, 7) is 4.25. The van der Waals surface area contributed by atoms with E-state index in [0.29, 0.717) is 6.54 Å². The van der Waals surface area contributed by atoms with Crippen molar-refractivity contribution in [1.82, 2.24) is 14.5 Å². The zero-order valence-electron chi connectivity index (χ0n) is 13.1. The first-order valence-electron chi connectivity index (χ1n) is 7.22. The molecule has 0 aliphatic carbocycles. The van der Waals surface area contributed by atoms with Crippen LogP contribution in [-0.2, 0) is 18.4 Å². The fourth-order valence-corrected chi connectivity index (χ4v) is 2.21. The summed E-state index contributed by atoms with van der Waals surface area (Å²) >= 11 is 0. The van der Waals surface area contributed by atoms with Crippen molar-refractivity contribution in [2.24, 2.45) is 13.0 Å². The van der Waals surface area contributed by atoms with Gasteiger partial charge in [-0.1, -0.05) is 26.0 Å². The molecule has 0 bridgehead atoms. The second-order valence-electron chi connectivity index (χ2n) is 5.84. The number of aryl methyl sites for hydroxylation is 1. The summed E-state index contributed by atoms with van der Waals surface area (Å²) < 4.78 is 2.00. The molecule has 2 rings (SSSR count). The molecule has 0 saturated carbocycles. The summed E-state index contributed by atoms with van der Waals surface area (Å²) in [4.78, 5) is 18.3. The van der Waals surface area contributed by atoms with Crippen LogP contribution in [0.25, 0.3) is 11.0 Å². The van der Waals surface area contributed by atoms with Gasteiger partial charge in [-0.05, 0) is 18.1 Å². The Hall–Kier alpha value is -1.88. The van der Waals surface area contributed by atoms with E-state index >= 15 is 0 Å². The van der Waals surface area contributed by atoms with Gasteiger partial charge in [0.2, 0.25) is 5.91 Å². The standard InChI is InChI=1S/C16H23N3O2/c1-11(2)14(20)9-16(21)18(3)10-15-17-12-7-5-6-8-13(12)19(15)4/h5-8,11,14,20H,9-10H2,1-4H3. The average molecular weight is 289 g/mol. The smallest absolute Gasteiger partial charge is 0.225 e. The summed E-state index contributed by atoms with van der Waals surface area (Å²) in [5.41, 5.74) is 1.98. The van der Waals surface area contributed by atoms with Gasteiger partial charge < -0.3 is 14.6 Å². The zero-order valence-corrected chi connectivity index (χ0v) is 13.1. The van der Waals surface area contributed by atoms with Gasteiger partial charge in [0.15, 0.2) is 0 Å². The molecule has 0 aliphatic heterocycles. The Morgan fingerprint density at radius 2 is 2.05 bits per heavy atom. The van der Waals surface area contributed by atoms with Crippen LogP contribution in [0.3, 0.4) is 0 Å². The minimum atomic E-state index is -0.597. The van der Waals surface area contributed by atoms with E-state index in [2.05, 4.69) is 4.98 Å². The topological polar surface area (TPSA) is 58.4 Å². The van der Waals surface area contributed by atoms with E-state index in [-0.39, 0.29) is 18.2 Å². The first-order valence-corrected chi connectivity index (χ1v) is 7.22. The number of amides is 1. The quantitative estimate of drug-likeness (QED) is 0.915. The van der Waals surface area contributed by atoms with Crippen molar-refractivity contribution in [3.63, 3.8) is 0 Å². The molecule has 1 amide bonds. The minimum absolute atomic E-state index is 0.0664. The van der Waals surface area contributed by atoms with E-state index in [0.717, 1.165) is 16.9 Å². The third kappa shape index (κ3) is 3.42. The lowest BCUT2D eigenvalue weighted by Crippen LogP contribution is -2.32. The number of benzene rings is 1. The molecule has 2 aromatic rings. The molecular weight excluding hydrogens is 266 g/mol. The predicted octanol–water partition coefficient (Wildman–Crippen LogP) is 1.94. The highest BCUT2D eigenvalue weighted by molar-refractivity contribution is 5.77. The van der Waals surface area contributed by atoms with E-state index in [1.165, 1.54) is 0 Å². The van der Waals surface area contributed by atoms with Crippen LogP contribution < -0.4 is 0 Å². The van der Waals surface area contributed by atoms with Gasteiger partial charge in [-0.2, -0.15) is 0 Å². The van der Waals surface area contributed by atoms with Crippen LogP contribution in [-0.4, -0.2) is 38.6 Å². The molecule has 5 nitrogen and oxygen atoms in total. The van der Waals surface area contributed by atoms with Crippen LogP contribution in [0.1, 0.15) is 26.1 Å². The first kappa shape index (κ1) is 15.5. The van der Waals surface area contributed by atoms with E-state index in [4.69, 9.17) is 0 Å². The normalized spacial score (nSPS) is 12.9. The predicted molar refractivity (Wildman–Crippen MR) is 82.6 cm³/mol. The molecule has 1 unspecified atom stereocenters. The highest BCUT2D eigenvalue weighted by Gasteiger charge is 2.19. The Bertz CT molecular complexity index is 633. The number of nitrogens with zero attached hydrogens (tertiary/aromatic N) is 3. The number of carbonyl (C=O) groups excluding carboxylic acids is 1. The molecular formula is C16H23N3O2. The summed E-state index contributed by atoms with van der Waals surface area (Å²) in [7, 11) is 3.70. The Balaban J connectivity index is 2.09. The van der Waals surface area contributed by atoms with Crippen molar-refractivity contribution in [1.29, 1.82) is 0 Å². The number of hydrogen-bond donors (Lipinski definition) is 1. The number of aliphatic hydroxyl groups is 1. The molecule has 1 heterocycles. The Morgan fingerprint density at radius 3 is 2.67 bits per heavy atom. The molecule has 1 N–H and O–H groups in total. The van der Waals surface area contributed by atoms with Gasteiger partial charge >= 0.3 is 0 Å². The Morgan fingerprint density at radius 1 is 1.38 bits per heavy atom. The van der Waals surface area contributed by atoms with Gasteiger partial charge in [0.05, 0.1) is 30.1 Å². The van der Waals surface area contributed by atoms with Crippen molar-refractivity contribution in [3.05, 3.63) is 30.1 Å². The van der Waals surface area contributed by atoms with Crippen molar-refractivity contribution in [2.75, 3.05) is 7.05 Å². The summed E-state index contributed by atoms with van der Waals surface area (Å²) in [6.07, 6.45) is -0.446. The molecule has 0 fully saturated rings. The lowest BCUT2D eigenvalue weighted by atomic mass is 10.0. The monoisotopic (exact) mass is 289 g/mol. The van der Waals surface area contributed by atoms with Gasteiger partial charge in [0, 0.05) is 14.1 Å². The molecule has 0 aliphatic rings. The lowest BCUT2D eigenvalue weighted by molar-refractivity contribution is -0.133. The van der Waals surface area contributed by atoms with E-state index in [1.807, 2.05) is 49.7 Å². The Kier molecular flexibility index (Phi) is 4.63. The van der Waals surface area contributed by atoms with Crippen molar-refractivity contribution >= 4 is 16.9 Å². The molecule has 0 saturated heterocycles. The molecule has 114 valence electrons. The Labute approximate surface area is 125 Å². The van der Waals surface area contributed by atoms with Crippen LogP contribution in [0.2, 0.25) is 0 Å². The van der Waals surface area contributed by atoms with E-state index < -0.39 is 6.10 Å². The number of aromatic nitrogens is 2. The minimum Gasteiger partial charge on any atom is -0.392 e. The second kappa shape index (κ2) is 6.26. The summed E-state index contributed by atoms with van der Waals surface area (Å²) in [5, 5.41) is 9.81. The first-order chi connectivity index (χ1) is 9.90. The average Bonchev–Trinajstić information content (AvgIpc) is 2.75. The van der Waals surface area contributed by atoms with Crippen LogP contribution in [0, 0.1) is 5.92 Å². The van der Waals surface area contributed by atoms with Crippen molar-refractivity contribution < 1.29 is 9.90 Å². The van der Waals surface area contributed by atoms with Crippen molar-refractivity contribution in [2.45, 2.75) is 32.9 Å². The maximum absolute atomic E-state index is 12.1. The fraction of sp³-hybridized carbons (Fsp3) is 0.500. The number of hydrogen-bond acceptors (Lipinski definition) is 3. The van der Waals surface area contributed by atoms with Crippen LogP contribution in [0.4, 0.5) is 0 Å². The maximum Gasteiger partial charge on any atom is 0.225 e. The number of para-hydroxylation sites is 2. The number of fused-ring (bicyclic) bond motifs is 1. The molecule has 1 atom stereocenters. The third-order valence-electron chi connectivity index (χ3n) is 3.84. The van der Waals surface area contributed by atoms with Crippen LogP contribution >= 0.6 is 0 Å². The number of imidazole rings is 1. The zero-order chi connectivity index (χ0) is 15.6. The lowest BCUT2D eigenvalue weighted by Gasteiger charge is -2.20. The summed E-state index contributed by atoms with van der Waals surface area (Å²) in [5.74, 6) is 0.854.